The van der Waals surface area contributed by atoms with Gasteiger partial charge in [0.25, 0.3) is 11.6 Å². The number of nitro groups is 1. The summed E-state index contributed by atoms with van der Waals surface area (Å²) in [7, 11) is 0. The van der Waals surface area contributed by atoms with Gasteiger partial charge in [0.2, 0.25) is 0 Å². The molecule has 8 heteroatoms. The van der Waals surface area contributed by atoms with Crippen LogP contribution in [0.4, 0.5) is 11.4 Å². The van der Waals surface area contributed by atoms with Crippen LogP contribution in [0.2, 0.25) is 0 Å². The average molecular weight is 321 g/mol. The molecule has 1 amide bonds. The molecule has 2 rings (SSSR count). The number of amides is 1. The largest absolute Gasteiger partial charge is 0.481 e. The predicted octanol–water partition coefficient (Wildman–Crippen LogP) is 2.04. The lowest BCUT2D eigenvalue weighted by molar-refractivity contribution is -0.383. The van der Waals surface area contributed by atoms with Gasteiger partial charge in [-0.05, 0) is 31.7 Å². The average Bonchev–Trinajstić information content (AvgIpc) is 2.52. The molecule has 1 saturated heterocycles. The summed E-state index contributed by atoms with van der Waals surface area (Å²) in [5.41, 5.74) is 5.43. The smallest absolute Gasteiger partial charge is 0.303 e. The van der Waals surface area contributed by atoms with Crippen LogP contribution in [0.1, 0.15) is 42.5 Å². The van der Waals surface area contributed by atoms with E-state index in [1.807, 2.05) is 0 Å². The van der Waals surface area contributed by atoms with Crippen molar-refractivity contribution in [2.75, 3.05) is 12.3 Å². The number of nitrogens with zero attached hydrogens (tertiary/aromatic N) is 2. The summed E-state index contributed by atoms with van der Waals surface area (Å²) in [6.07, 6.45) is 2.84. The summed E-state index contributed by atoms with van der Waals surface area (Å²) < 4.78 is 0. The van der Waals surface area contributed by atoms with Gasteiger partial charge in [0, 0.05) is 25.1 Å². The second-order valence-corrected chi connectivity index (χ2v) is 5.58. The molecule has 1 unspecified atom stereocenters. The maximum absolute atomic E-state index is 12.7. The van der Waals surface area contributed by atoms with Crippen LogP contribution < -0.4 is 5.73 Å². The molecule has 1 aliphatic rings. The van der Waals surface area contributed by atoms with Gasteiger partial charge in [0.1, 0.15) is 5.69 Å². The maximum Gasteiger partial charge on any atom is 0.303 e. The fourth-order valence-corrected chi connectivity index (χ4v) is 2.91. The summed E-state index contributed by atoms with van der Waals surface area (Å²) in [5.74, 6) is -1.28. The number of piperidine rings is 1. The second kappa shape index (κ2) is 7.08. The first-order chi connectivity index (χ1) is 10.9. The standard InChI is InChI=1S/C15H19N3O5/c16-14-11(5-3-6-12(14)18(22)23)15(21)17-9-2-1-4-10(17)7-8-13(19)20/h3,5-6,10H,1-2,4,7-9,16H2,(H,19,20). The zero-order valence-electron chi connectivity index (χ0n) is 12.6. The van der Waals surface area contributed by atoms with E-state index in [4.69, 9.17) is 10.8 Å². The second-order valence-electron chi connectivity index (χ2n) is 5.58. The van der Waals surface area contributed by atoms with Gasteiger partial charge in [0.05, 0.1) is 10.5 Å². The zero-order chi connectivity index (χ0) is 17.0. The Labute approximate surface area is 133 Å². The Hall–Kier alpha value is -2.64. The van der Waals surface area contributed by atoms with E-state index in [0.717, 1.165) is 19.3 Å². The number of carbonyl (C=O) groups is 2. The molecule has 0 radical (unpaired) electrons. The van der Waals surface area contributed by atoms with Crippen LogP contribution in [-0.4, -0.2) is 39.4 Å². The Morgan fingerprint density at radius 3 is 2.78 bits per heavy atom. The number of nitro benzene ring substituents is 1. The molecule has 0 saturated carbocycles. The Balaban J connectivity index is 2.25. The van der Waals surface area contributed by atoms with Crippen LogP contribution in [-0.2, 0) is 4.79 Å². The molecule has 3 N–H and O–H groups in total. The molecule has 0 bridgehead atoms. The van der Waals surface area contributed by atoms with Crippen molar-refractivity contribution in [3.05, 3.63) is 33.9 Å². The fourth-order valence-electron chi connectivity index (χ4n) is 2.91. The van der Waals surface area contributed by atoms with Crippen molar-refractivity contribution in [1.29, 1.82) is 0 Å². The number of hydrogen-bond acceptors (Lipinski definition) is 5. The van der Waals surface area contributed by atoms with Crippen LogP contribution in [0, 0.1) is 10.1 Å². The third-order valence-corrected chi connectivity index (χ3v) is 4.09. The third-order valence-electron chi connectivity index (χ3n) is 4.09. The van der Waals surface area contributed by atoms with Gasteiger partial charge < -0.3 is 15.7 Å². The lowest BCUT2D eigenvalue weighted by atomic mass is 9.96. The van der Waals surface area contributed by atoms with Crippen molar-refractivity contribution >= 4 is 23.3 Å². The van der Waals surface area contributed by atoms with Crippen molar-refractivity contribution in [1.82, 2.24) is 4.90 Å². The molecule has 23 heavy (non-hydrogen) atoms. The van der Waals surface area contributed by atoms with Gasteiger partial charge >= 0.3 is 5.97 Å². The van der Waals surface area contributed by atoms with E-state index in [2.05, 4.69) is 0 Å². The molecule has 1 aliphatic heterocycles. The Morgan fingerprint density at radius 2 is 2.13 bits per heavy atom. The van der Waals surface area contributed by atoms with Crippen LogP contribution in [0.25, 0.3) is 0 Å². The molecule has 124 valence electrons. The normalized spacial score (nSPS) is 17.7. The summed E-state index contributed by atoms with van der Waals surface area (Å²) in [6.45, 7) is 0.505. The molecule has 0 spiro atoms. The quantitative estimate of drug-likeness (QED) is 0.485. The predicted molar refractivity (Wildman–Crippen MR) is 83.1 cm³/mol. The van der Waals surface area contributed by atoms with E-state index in [9.17, 15) is 19.7 Å². The van der Waals surface area contributed by atoms with Crippen LogP contribution in [0.5, 0.6) is 0 Å². The van der Waals surface area contributed by atoms with Crippen molar-refractivity contribution in [3.63, 3.8) is 0 Å². The number of likely N-dealkylation sites (tertiary alicyclic amines) is 1. The molecule has 1 aromatic rings. The highest BCUT2D eigenvalue weighted by atomic mass is 16.6. The summed E-state index contributed by atoms with van der Waals surface area (Å²) >= 11 is 0. The summed E-state index contributed by atoms with van der Waals surface area (Å²) in [5, 5.41) is 19.8. The molecule has 1 heterocycles. The highest BCUT2D eigenvalue weighted by molar-refractivity contribution is 6.01. The van der Waals surface area contributed by atoms with Crippen LogP contribution in [0.15, 0.2) is 18.2 Å². The number of para-hydroxylation sites is 1. The van der Waals surface area contributed by atoms with Crippen molar-refractivity contribution in [2.45, 2.75) is 38.1 Å². The van der Waals surface area contributed by atoms with E-state index in [0.29, 0.717) is 13.0 Å². The number of aliphatic carboxylic acids is 1. The van der Waals surface area contributed by atoms with Gasteiger partial charge in [0.15, 0.2) is 0 Å². The lowest BCUT2D eigenvalue weighted by Crippen LogP contribution is -2.44. The summed E-state index contributed by atoms with van der Waals surface area (Å²) in [6, 6.07) is 3.97. The minimum absolute atomic E-state index is 0.0150. The van der Waals surface area contributed by atoms with E-state index in [1.165, 1.54) is 18.2 Å². The first-order valence-corrected chi connectivity index (χ1v) is 7.47. The lowest BCUT2D eigenvalue weighted by Gasteiger charge is -2.36. The number of nitrogens with two attached hydrogens (primary N) is 1. The molecule has 0 aromatic heterocycles. The number of rotatable bonds is 5. The fraction of sp³-hybridized carbons (Fsp3) is 0.467. The number of anilines is 1. The number of carboxylic acids is 1. The number of carbonyl (C=O) groups excluding carboxylic acids is 1. The van der Waals surface area contributed by atoms with Gasteiger partial charge in [-0.15, -0.1) is 0 Å². The minimum atomic E-state index is -0.905. The van der Waals surface area contributed by atoms with Crippen molar-refractivity contribution < 1.29 is 19.6 Å². The number of benzene rings is 1. The Kier molecular flexibility index (Phi) is 5.15. The van der Waals surface area contributed by atoms with E-state index in [1.54, 1.807) is 4.90 Å². The molecule has 1 atom stereocenters. The molecule has 8 nitrogen and oxygen atoms in total. The van der Waals surface area contributed by atoms with Crippen LogP contribution >= 0.6 is 0 Å². The Bertz CT molecular complexity index is 632. The molecular formula is C15H19N3O5. The van der Waals surface area contributed by atoms with E-state index >= 15 is 0 Å². The molecule has 1 fully saturated rings. The first-order valence-electron chi connectivity index (χ1n) is 7.47. The maximum atomic E-state index is 12.7. The van der Waals surface area contributed by atoms with Gasteiger partial charge in [-0.2, -0.15) is 0 Å². The molecule has 0 aliphatic carbocycles. The monoisotopic (exact) mass is 321 g/mol. The van der Waals surface area contributed by atoms with Crippen molar-refractivity contribution in [3.8, 4) is 0 Å². The van der Waals surface area contributed by atoms with E-state index in [-0.39, 0.29) is 35.3 Å². The van der Waals surface area contributed by atoms with Gasteiger partial charge in [-0.3, -0.25) is 19.7 Å². The van der Waals surface area contributed by atoms with Gasteiger partial charge in [-0.25, -0.2) is 0 Å². The number of nitrogen functional groups attached to an aromatic ring is 1. The first kappa shape index (κ1) is 16.7. The molecule has 1 aromatic carbocycles. The zero-order valence-corrected chi connectivity index (χ0v) is 12.6. The minimum Gasteiger partial charge on any atom is -0.481 e. The van der Waals surface area contributed by atoms with Crippen molar-refractivity contribution in [2.24, 2.45) is 0 Å². The van der Waals surface area contributed by atoms with E-state index < -0.39 is 10.9 Å². The number of hydrogen-bond donors (Lipinski definition) is 2. The third kappa shape index (κ3) is 3.77. The topological polar surface area (TPSA) is 127 Å². The molecular weight excluding hydrogens is 302 g/mol. The van der Waals surface area contributed by atoms with Crippen LogP contribution in [0.3, 0.4) is 0 Å². The summed E-state index contributed by atoms with van der Waals surface area (Å²) in [4.78, 5) is 35.4. The Morgan fingerprint density at radius 1 is 1.39 bits per heavy atom. The SMILES string of the molecule is Nc1c(C(=O)N2CCCCC2CCC(=O)O)cccc1[N+](=O)[O-]. The number of carboxylic acid groups (broad SMARTS) is 1. The highest BCUT2D eigenvalue weighted by Crippen LogP contribution is 2.29. The van der Waals surface area contributed by atoms with Gasteiger partial charge in [-0.1, -0.05) is 6.07 Å². The highest BCUT2D eigenvalue weighted by Gasteiger charge is 2.30.